The summed E-state index contributed by atoms with van der Waals surface area (Å²) in [7, 11) is 0. The molecule has 3 heteroatoms. The Morgan fingerprint density at radius 3 is 2.95 bits per heavy atom. The average Bonchev–Trinajstić information content (AvgIpc) is 2.73. The second kappa shape index (κ2) is 5.93. The van der Waals surface area contributed by atoms with Crippen LogP contribution in [0.5, 0.6) is 5.75 Å². The van der Waals surface area contributed by atoms with Gasteiger partial charge in [-0.2, -0.15) is 0 Å². The summed E-state index contributed by atoms with van der Waals surface area (Å²) in [6.07, 6.45) is 8.21. The first kappa shape index (κ1) is 13.6. The largest absolute Gasteiger partial charge is 0.493 e. The Morgan fingerprint density at radius 1 is 1.21 bits per heavy atom. The molecule has 1 saturated carbocycles. The van der Waals surface area contributed by atoms with Gasteiger partial charge in [-0.05, 0) is 48.4 Å². The lowest BCUT2D eigenvalue weighted by Crippen LogP contribution is -2.09. The van der Waals surface area contributed by atoms with Crippen molar-refractivity contribution in [3.05, 3.63) is 28.3 Å². The van der Waals surface area contributed by atoms with Crippen molar-refractivity contribution in [2.24, 2.45) is 5.92 Å². The van der Waals surface area contributed by atoms with Crippen molar-refractivity contribution in [1.29, 1.82) is 0 Å². The molecule has 0 saturated heterocycles. The van der Waals surface area contributed by atoms with E-state index in [9.17, 15) is 0 Å². The predicted molar refractivity (Wildman–Crippen MR) is 80.6 cm³/mol. The van der Waals surface area contributed by atoms with Gasteiger partial charge in [-0.1, -0.05) is 30.9 Å². The molecule has 2 unspecified atom stereocenters. The van der Waals surface area contributed by atoms with Crippen LogP contribution in [-0.2, 0) is 12.8 Å². The minimum absolute atomic E-state index is 0.348. The van der Waals surface area contributed by atoms with E-state index in [2.05, 4.69) is 6.07 Å². The van der Waals surface area contributed by atoms with E-state index < -0.39 is 0 Å². The van der Waals surface area contributed by atoms with Crippen molar-refractivity contribution in [3.63, 3.8) is 0 Å². The highest BCUT2D eigenvalue weighted by molar-refractivity contribution is 6.30. The summed E-state index contributed by atoms with van der Waals surface area (Å²) in [5.74, 6) is 1.77. The molecule has 19 heavy (non-hydrogen) atoms. The zero-order valence-electron chi connectivity index (χ0n) is 11.1. The maximum absolute atomic E-state index is 6.37. The van der Waals surface area contributed by atoms with Gasteiger partial charge in [0.1, 0.15) is 5.75 Å². The molecule has 0 N–H and O–H groups in total. The van der Waals surface area contributed by atoms with Gasteiger partial charge < -0.3 is 4.74 Å². The fourth-order valence-corrected chi connectivity index (χ4v) is 4.06. The summed E-state index contributed by atoms with van der Waals surface area (Å²) >= 11 is 12.6. The van der Waals surface area contributed by atoms with Gasteiger partial charge in [-0.25, -0.2) is 0 Å². The van der Waals surface area contributed by atoms with Crippen molar-refractivity contribution in [3.8, 4) is 5.75 Å². The highest BCUT2D eigenvalue weighted by Crippen LogP contribution is 2.37. The number of halogens is 2. The molecule has 1 aliphatic carbocycles. The molecule has 1 fully saturated rings. The van der Waals surface area contributed by atoms with E-state index in [-0.39, 0.29) is 0 Å². The smallest absolute Gasteiger partial charge is 0.125 e. The minimum Gasteiger partial charge on any atom is -0.493 e. The van der Waals surface area contributed by atoms with Crippen LogP contribution in [0.3, 0.4) is 0 Å². The second-order valence-electron chi connectivity index (χ2n) is 5.84. The second-order valence-corrected chi connectivity index (χ2v) is 6.89. The van der Waals surface area contributed by atoms with E-state index in [1.165, 1.54) is 36.8 Å². The molecule has 0 bridgehead atoms. The predicted octanol–water partition coefficient (Wildman–Crippen LogP) is 5.01. The molecular weight excluding hydrogens is 279 g/mol. The van der Waals surface area contributed by atoms with Crippen LogP contribution >= 0.6 is 23.2 Å². The molecule has 1 aromatic carbocycles. The topological polar surface area (TPSA) is 9.23 Å². The van der Waals surface area contributed by atoms with Gasteiger partial charge in [0.05, 0.1) is 6.61 Å². The van der Waals surface area contributed by atoms with Crippen molar-refractivity contribution >= 4 is 23.2 Å². The molecule has 1 aromatic rings. The Morgan fingerprint density at radius 2 is 2.05 bits per heavy atom. The standard InChI is InChI=1S/C16H20Cl2O/c17-14-4-2-1-3-11(8-14)7-13-10-15(18)9-12-5-6-19-16(12)13/h9-11,14H,1-8H2. The van der Waals surface area contributed by atoms with E-state index in [0.717, 1.165) is 36.6 Å². The zero-order chi connectivity index (χ0) is 13.2. The first-order valence-corrected chi connectivity index (χ1v) is 8.12. The maximum atomic E-state index is 6.37. The fourth-order valence-electron chi connectivity index (χ4n) is 3.39. The molecule has 0 spiro atoms. The molecule has 0 radical (unpaired) electrons. The summed E-state index contributed by atoms with van der Waals surface area (Å²) in [5.41, 5.74) is 2.56. The van der Waals surface area contributed by atoms with Gasteiger partial charge >= 0.3 is 0 Å². The van der Waals surface area contributed by atoms with Crippen molar-refractivity contribution in [1.82, 2.24) is 0 Å². The van der Waals surface area contributed by atoms with E-state index in [4.69, 9.17) is 27.9 Å². The molecule has 3 rings (SSSR count). The molecule has 2 aliphatic rings. The lowest BCUT2D eigenvalue weighted by molar-refractivity contribution is 0.349. The van der Waals surface area contributed by atoms with Crippen molar-refractivity contribution < 1.29 is 4.74 Å². The number of alkyl halides is 1. The molecule has 0 amide bonds. The highest BCUT2D eigenvalue weighted by Gasteiger charge is 2.23. The van der Waals surface area contributed by atoms with Gasteiger partial charge in [0.15, 0.2) is 0 Å². The maximum Gasteiger partial charge on any atom is 0.125 e. The van der Waals surface area contributed by atoms with Crippen molar-refractivity contribution in [2.45, 2.75) is 50.3 Å². The lowest BCUT2D eigenvalue weighted by atomic mass is 9.91. The van der Waals surface area contributed by atoms with Gasteiger partial charge in [0.2, 0.25) is 0 Å². The van der Waals surface area contributed by atoms with Crippen LogP contribution in [0.2, 0.25) is 5.02 Å². The number of fused-ring (bicyclic) bond motifs is 1. The lowest BCUT2D eigenvalue weighted by Gasteiger charge is -2.18. The highest BCUT2D eigenvalue weighted by atomic mass is 35.5. The van der Waals surface area contributed by atoms with Crippen LogP contribution in [-0.4, -0.2) is 12.0 Å². The molecular formula is C16H20Cl2O. The zero-order valence-corrected chi connectivity index (χ0v) is 12.6. The molecule has 1 nitrogen and oxygen atoms in total. The van der Waals surface area contributed by atoms with Crippen LogP contribution in [0.15, 0.2) is 12.1 Å². The van der Waals surface area contributed by atoms with Gasteiger partial charge in [-0.15, -0.1) is 11.6 Å². The molecule has 1 heterocycles. The van der Waals surface area contributed by atoms with Crippen LogP contribution in [0, 0.1) is 5.92 Å². The normalized spacial score (nSPS) is 26.6. The third kappa shape index (κ3) is 3.20. The number of hydrogen-bond donors (Lipinski definition) is 0. The van der Waals surface area contributed by atoms with E-state index >= 15 is 0 Å². The van der Waals surface area contributed by atoms with Crippen LogP contribution in [0.25, 0.3) is 0 Å². The molecule has 104 valence electrons. The summed E-state index contributed by atoms with van der Waals surface area (Å²) in [5, 5.41) is 1.19. The van der Waals surface area contributed by atoms with E-state index in [1.54, 1.807) is 0 Å². The van der Waals surface area contributed by atoms with Crippen LogP contribution in [0.1, 0.15) is 43.2 Å². The summed E-state index contributed by atoms with van der Waals surface area (Å²) < 4.78 is 5.79. The summed E-state index contributed by atoms with van der Waals surface area (Å²) in [6, 6.07) is 4.13. The van der Waals surface area contributed by atoms with Crippen LogP contribution in [0.4, 0.5) is 0 Å². The number of ether oxygens (including phenoxy) is 1. The number of benzene rings is 1. The Balaban J connectivity index is 1.79. The Bertz CT molecular complexity index is 458. The summed E-state index contributed by atoms with van der Waals surface area (Å²) in [6.45, 7) is 0.797. The molecule has 1 aliphatic heterocycles. The van der Waals surface area contributed by atoms with E-state index in [0.29, 0.717) is 11.3 Å². The van der Waals surface area contributed by atoms with Gasteiger partial charge in [-0.3, -0.25) is 0 Å². The monoisotopic (exact) mass is 298 g/mol. The van der Waals surface area contributed by atoms with Crippen molar-refractivity contribution in [2.75, 3.05) is 6.61 Å². The summed E-state index contributed by atoms with van der Waals surface area (Å²) in [4.78, 5) is 0. The van der Waals surface area contributed by atoms with Gasteiger partial charge in [0, 0.05) is 16.8 Å². The molecule has 2 atom stereocenters. The number of hydrogen-bond acceptors (Lipinski definition) is 1. The SMILES string of the molecule is Clc1cc2c(c(CC3CCCCC(Cl)C3)c1)OCC2. The first-order chi connectivity index (χ1) is 9.22. The third-order valence-electron chi connectivity index (χ3n) is 4.30. The third-order valence-corrected chi connectivity index (χ3v) is 4.92. The number of rotatable bonds is 2. The first-order valence-electron chi connectivity index (χ1n) is 7.30. The average molecular weight is 299 g/mol. The fraction of sp³-hybridized carbons (Fsp3) is 0.625. The molecule has 0 aromatic heterocycles. The quantitative estimate of drug-likeness (QED) is 0.551. The van der Waals surface area contributed by atoms with E-state index in [1.807, 2.05) is 6.07 Å². The Labute approximate surface area is 125 Å². The Kier molecular flexibility index (Phi) is 4.24. The van der Waals surface area contributed by atoms with Crippen LogP contribution < -0.4 is 4.74 Å². The minimum atomic E-state index is 0.348. The van der Waals surface area contributed by atoms with Gasteiger partial charge in [0.25, 0.3) is 0 Å². The Hall–Kier alpha value is -0.400.